The van der Waals surface area contributed by atoms with Crippen LogP contribution in [0.25, 0.3) is 66.6 Å². The standard InChI is InChI=1S/C51H44N4O2/c1-50(2,3)36-27-34(28-37(31-36)51(4,5)6)33-26-35(30-38(29-33)55(45-24-13-14-25-52-45)42-21-15-17-32-16-7-8-18-39(32)42)49-53-46(40-19-9-11-22-43(40)56)48-47(54-49)41-20-10-12-23-44(41)57-48/h7-31,56H,1-6H3. The Balaban J connectivity index is 1.38. The maximum atomic E-state index is 11.2. The van der Waals surface area contributed by atoms with Crippen molar-refractivity contribution in [3.05, 3.63) is 163 Å². The summed E-state index contributed by atoms with van der Waals surface area (Å²) in [6.45, 7) is 13.6. The average Bonchev–Trinajstić information content (AvgIpc) is 3.59. The zero-order chi connectivity index (χ0) is 39.5. The number of pyridine rings is 1. The van der Waals surface area contributed by atoms with E-state index in [2.05, 4.69) is 125 Å². The SMILES string of the molecule is CC(C)(C)c1cc(-c2cc(-c3nc(-c4ccccc4O)c4oc5ccccc5c4n3)cc(N(c3ccccn3)c3cccc4ccccc34)c2)cc(C(C)(C)C)c1. The summed E-state index contributed by atoms with van der Waals surface area (Å²) in [6, 6.07) is 49.6. The van der Waals surface area contributed by atoms with Crippen LogP contribution >= 0.6 is 0 Å². The molecule has 3 heterocycles. The van der Waals surface area contributed by atoms with Gasteiger partial charge in [-0.05, 0) is 99.1 Å². The number of rotatable bonds is 6. The van der Waals surface area contributed by atoms with E-state index >= 15 is 0 Å². The summed E-state index contributed by atoms with van der Waals surface area (Å²) in [5.41, 5.74) is 10.2. The first-order chi connectivity index (χ1) is 27.4. The van der Waals surface area contributed by atoms with E-state index in [9.17, 15) is 5.11 Å². The van der Waals surface area contributed by atoms with E-state index in [1.807, 2.05) is 66.9 Å². The number of hydrogen-bond donors (Lipinski definition) is 1. The summed E-state index contributed by atoms with van der Waals surface area (Å²) < 4.78 is 6.43. The van der Waals surface area contributed by atoms with Gasteiger partial charge >= 0.3 is 0 Å². The number of anilines is 3. The van der Waals surface area contributed by atoms with E-state index in [4.69, 9.17) is 19.4 Å². The molecular weight excluding hydrogens is 701 g/mol. The van der Waals surface area contributed by atoms with Crippen molar-refractivity contribution in [1.82, 2.24) is 15.0 Å². The first kappa shape index (κ1) is 35.9. The zero-order valence-electron chi connectivity index (χ0n) is 33.1. The van der Waals surface area contributed by atoms with E-state index in [0.29, 0.717) is 33.8 Å². The molecule has 0 atom stereocenters. The molecule has 280 valence electrons. The largest absolute Gasteiger partial charge is 0.507 e. The second-order valence-corrected chi connectivity index (χ2v) is 16.8. The number of para-hydroxylation sites is 2. The molecule has 3 aromatic heterocycles. The predicted molar refractivity (Wildman–Crippen MR) is 235 cm³/mol. The summed E-state index contributed by atoms with van der Waals surface area (Å²) in [7, 11) is 0. The van der Waals surface area contributed by atoms with Gasteiger partial charge in [0.2, 0.25) is 0 Å². The molecule has 0 saturated carbocycles. The average molecular weight is 745 g/mol. The number of hydrogen-bond acceptors (Lipinski definition) is 6. The van der Waals surface area contributed by atoms with Gasteiger partial charge in [-0.2, -0.15) is 0 Å². The normalized spacial score (nSPS) is 12.1. The quantitative estimate of drug-likeness (QED) is 0.183. The number of fused-ring (bicyclic) bond motifs is 4. The Morgan fingerprint density at radius 3 is 1.96 bits per heavy atom. The molecule has 6 nitrogen and oxygen atoms in total. The van der Waals surface area contributed by atoms with Crippen LogP contribution in [-0.2, 0) is 10.8 Å². The molecule has 6 heteroatoms. The fourth-order valence-electron chi connectivity index (χ4n) is 7.56. The summed E-state index contributed by atoms with van der Waals surface area (Å²) in [4.78, 5) is 17.7. The summed E-state index contributed by atoms with van der Waals surface area (Å²) in [5.74, 6) is 1.41. The molecule has 0 bridgehead atoms. The van der Waals surface area contributed by atoms with Crippen LogP contribution in [0.4, 0.5) is 17.2 Å². The number of aromatic nitrogens is 3. The fourth-order valence-corrected chi connectivity index (χ4v) is 7.56. The minimum atomic E-state index is -0.0809. The van der Waals surface area contributed by atoms with Crippen LogP contribution in [0.3, 0.4) is 0 Å². The van der Waals surface area contributed by atoms with Crippen molar-refractivity contribution in [3.63, 3.8) is 0 Å². The molecule has 0 unspecified atom stereocenters. The fraction of sp³-hybridized carbons (Fsp3) is 0.157. The molecule has 9 rings (SSSR count). The van der Waals surface area contributed by atoms with E-state index in [-0.39, 0.29) is 16.6 Å². The number of phenolic OH excluding ortho intramolecular Hbond substituents is 1. The molecule has 9 aromatic rings. The molecule has 0 aliphatic heterocycles. The Kier molecular flexibility index (Phi) is 8.66. The van der Waals surface area contributed by atoms with Crippen molar-refractivity contribution in [1.29, 1.82) is 0 Å². The second-order valence-electron chi connectivity index (χ2n) is 16.8. The van der Waals surface area contributed by atoms with Crippen LogP contribution in [0.2, 0.25) is 0 Å². The molecule has 0 aliphatic carbocycles. The van der Waals surface area contributed by atoms with Crippen molar-refractivity contribution in [3.8, 4) is 39.5 Å². The molecule has 0 spiro atoms. The van der Waals surface area contributed by atoms with Crippen molar-refractivity contribution < 1.29 is 9.52 Å². The lowest BCUT2D eigenvalue weighted by atomic mass is 9.79. The first-order valence-electron chi connectivity index (χ1n) is 19.4. The predicted octanol–water partition coefficient (Wildman–Crippen LogP) is 13.7. The Morgan fingerprint density at radius 1 is 0.579 bits per heavy atom. The molecule has 0 fully saturated rings. The lowest BCUT2D eigenvalue weighted by molar-refractivity contribution is 0.477. The molecule has 57 heavy (non-hydrogen) atoms. The van der Waals surface area contributed by atoms with E-state index in [0.717, 1.165) is 50.0 Å². The molecule has 0 saturated heterocycles. The van der Waals surface area contributed by atoms with Gasteiger partial charge in [0.1, 0.15) is 28.4 Å². The number of furan rings is 1. The van der Waals surface area contributed by atoms with Crippen LogP contribution < -0.4 is 4.90 Å². The Bertz CT molecular complexity index is 2920. The van der Waals surface area contributed by atoms with Crippen LogP contribution in [-0.4, -0.2) is 20.1 Å². The molecular formula is C51H44N4O2. The number of benzene rings is 6. The van der Waals surface area contributed by atoms with Crippen molar-refractivity contribution >= 4 is 50.0 Å². The minimum Gasteiger partial charge on any atom is -0.507 e. The van der Waals surface area contributed by atoms with Gasteiger partial charge in [-0.1, -0.05) is 126 Å². The third-order valence-corrected chi connectivity index (χ3v) is 10.7. The molecule has 6 aromatic carbocycles. The molecule has 0 amide bonds. The van der Waals surface area contributed by atoms with Gasteiger partial charge in [0.15, 0.2) is 11.4 Å². The lowest BCUT2D eigenvalue weighted by Gasteiger charge is -2.28. The third-order valence-electron chi connectivity index (χ3n) is 10.7. The maximum Gasteiger partial charge on any atom is 0.180 e. The molecule has 0 aliphatic rings. The van der Waals surface area contributed by atoms with Crippen molar-refractivity contribution in [2.24, 2.45) is 0 Å². The Labute approximate surface area is 333 Å². The maximum absolute atomic E-state index is 11.2. The summed E-state index contributed by atoms with van der Waals surface area (Å²) in [6.07, 6.45) is 1.83. The van der Waals surface area contributed by atoms with Gasteiger partial charge in [-0.15, -0.1) is 0 Å². The smallest absolute Gasteiger partial charge is 0.180 e. The van der Waals surface area contributed by atoms with E-state index in [1.165, 1.54) is 11.1 Å². The topological polar surface area (TPSA) is 75.3 Å². The highest BCUT2D eigenvalue weighted by atomic mass is 16.3. The number of aromatic hydroxyl groups is 1. The number of nitrogens with zero attached hydrogens (tertiary/aromatic N) is 4. The van der Waals surface area contributed by atoms with E-state index < -0.39 is 0 Å². The van der Waals surface area contributed by atoms with Crippen LogP contribution in [0.1, 0.15) is 52.7 Å². The summed E-state index contributed by atoms with van der Waals surface area (Å²) >= 11 is 0. The highest BCUT2D eigenvalue weighted by Crippen LogP contribution is 2.44. The summed E-state index contributed by atoms with van der Waals surface area (Å²) in [5, 5.41) is 14.3. The van der Waals surface area contributed by atoms with Gasteiger partial charge in [0.25, 0.3) is 0 Å². The lowest BCUT2D eigenvalue weighted by Crippen LogP contribution is -2.16. The van der Waals surface area contributed by atoms with Crippen LogP contribution in [0.5, 0.6) is 5.75 Å². The monoisotopic (exact) mass is 744 g/mol. The van der Waals surface area contributed by atoms with Crippen LogP contribution in [0.15, 0.2) is 156 Å². The highest BCUT2D eigenvalue weighted by Gasteiger charge is 2.25. The van der Waals surface area contributed by atoms with Crippen molar-refractivity contribution in [2.45, 2.75) is 52.4 Å². The second kappa shape index (κ2) is 13.7. The Morgan fingerprint density at radius 2 is 1.23 bits per heavy atom. The van der Waals surface area contributed by atoms with E-state index in [1.54, 1.807) is 6.07 Å². The zero-order valence-corrected chi connectivity index (χ0v) is 33.1. The van der Waals surface area contributed by atoms with Gasteiger partial charge < -0.3 is 9.52 Å². The van der Waals surface area contributed by atoms with Crippen molar-refractivity contribution in [2.75, 3.05) is 4.90 Å². The third kappa shape index (κ3) is 6.67. The van der Waals surface area contributed by atoms with Gasteiger partial charge in [0.05, 0.1) is 5.69 Å². The van der Waals surface area contributed by atoms with Gasteiger partial charge in [-0.3, -0.25) is 4.90 Å². The minimum absolute atomic E-state index is 0.0809. The highest BCUT2D eigenvalue weighted by molar-refractivity contribution is 6.07. The van der Waals surface area contributed by atoms with Crippen LogP contribution in [0, 0.1) is 0 Å². The molecule has 0 radical (unpaired) electrons. The Hall–Kier alpha value is -6.79. The van der Waals surface area contributed by atoms with Gasteiger partial charge in [-0.25, -0.2) is 15.0 Å². The molecule has 1 N–H and O–H groups in total. The van der Waals surface area contributed by atoms with Gasteiger partial charge in [0, 0.05) is 33.8 Å². The first-order valence-corrected chi connectivity index (χ1v) is 19.4. The number of phenols is 1.